The molecule has 0 amide bonds. The first-order chi connectivity index (χ1) is 10.6. The molecule has 0 saturated carbocycles. The summed E-state index contributed by atoms with van der Waals surface area (Å²) in [6.45, 7) is 9.53. The molecule has 6 heteroatoms. The fraction of sp³-hybridized carbons (Fsp3) is 0.647. The van der Waals surface area contributed by atoms with Crippen molar-refractivity contribution in [1.82, 2.24) is 10.2 Å². The topological polar surface area (TPSA) is 24.5 Å². The van der Waals surface area contributed by atoms with E-state index in [0.717, 1.165) is 32.2 Å². The van der Waals surface area contributed by atoms with E-state index in [1.165, 1.54) is 13.2 Å². The molecule has 1 aliphatic rings. The Morgan fingerprint density at radius 2 is 1.70 bits per heavy atom. The highest BCUT2D eigenvalue weighted by atomic mass is 19.4. The summed E-state index contributed by atoms with van der Waals surface area (Å²) >= 11 is 0. The minimum Gasteiger partial charge on any atom is -0.497 e. The van der Waals surface area contributed by atoms with E-state index in [9.17, 15) is 13.2 Å². The Balaban J connectivity index is 2.49. The summed E-state index contributed by atoms with van der Waals surface area (Å²) in [5.74, 6) is 0.249. The highest BCUT2D eigenvalue weighted by molar-refractivity contribution is 5.38. The van der Waals surface area contributed by atoms with Gasteiger partial charge in [-0.2, -0.15) is 13.2 Å². The Hall–Kier alpha value is -1.27. The normalized spacial score (nSPS) is 18.7. The molecule has 3 nitrogen and oxygen atoms in total. The van der Waals surface area contributed by atoms with Gasteiger partial charge in [-0.15, -0.1) is 0 Å². The summed E-state index contributed by atoms with van der Waals surface area (Å²) in [4.78, 5) is 2.26. The van der Waals surface area contributed by atoms with Gasteiger partial charge in [-0.05, 0) is 29.2 Å². The Morgan fingerprint density at radius 1 is 1.09 bits per heavy atom. The fourth-order valence-electron chi connectivity index (χ4n) is 3.26. The van der Waals surface area contributed by atoms with Gasteiger partial charge >= 0.3 is 6.18 Å². The van der Waals surface area contributed by atoms with Gasteiger partial charge in [0.2, 0.25) is 0 Å². The Bertz CT molecular complexity index is 532. The van der Waals surface area contributed by atoms with Crippen LogP contribution < -0.4 is 10.1 Å². The Kier molecular flexibility index (Phi) is 5.26. The zero-order valence-electron chi connectivity index (χ0n) is 14.1. The van der Waals surface area contributed by atoms with Crippen LogP contribution in [0, 0.1) is 5.41 Å². The lowest BCUT2D eigenvalue weighted by atomic mass is 9.80. The number of piperazine rings is 1. The molecular formula is C17H25F3N2O. The fourth-order valence-corrected chi connectivity index (χ4v) is 3.26. The highest BCUT2D eigenvalue weighted by Gasteiger charge is 2.36. The number of halogens is 3. The maximum atomic E-state index is 13.2. The van der Waals surface area contributed by atoms with Crippen LogP contribution in [0.5, 0.6) is 5.75 Å². The van der Waals surface area contributed by atoms with E-state index in [4.69, 9.17) is 4.74 Å². The van der Waals surface area contributed by atoms with Crippen LogP contribution in [0.3, 0.4) is 0 Å². The molecule has 1 N–H and O–H groups in total. The number of methoxy groups -OCH3 is 1. The van der Waals surface area contributed by atoms with Crippen LogP contribution in [-0.2, 0) is 6.18 Å². The summed E-state index contributed by atoms with van der Waals surface area (Å²) in [5, 5.41) is 3.28. The smallest absolute Gasteiger partial charge is 0.416 e. The monoisotopic (exact) mass is 330 g/mol. The van der Waals surface area contributed by atoms with Crippen LogP contribution in [0.1, 0.15) is 37.9 Å². The van der Waals surface area contributed by atoms with Crippen molar-refractivity contribution in [3.05, 3.63) is 29.3 Å². The number of benzene rings is 1. The number of hydrogen-bond donors (Lipinski definition) is 1. The van der Waals surface area contributed by atoms with Gasteiger partial charge in [-0.25, -0.2) is 0 Å². The van der Waals surface area contributed by atoms with Gasteiger partial charge in [-0.1, -0.05) is 20.8 Å². The van der Waals surface area contributed by atoms with Crippen molar-refractivity contribution in [3.63, 3.8) is 0 Å². The number of rotatable bonds is 3. The van der Waals surface area contributed by atoms with Crippen LogP contribution >= 0.6 is 0 Å². The standard InChI is InChI=1S/C17H25F3N2O/c1-16(2,3)15(22-7-5-21-6-8-22)12-9-13(17(18,19)20)11-14(10-12)23-4/h9-11,15,21H,5-8H2,1-4H3/t15-/m1/s1. The first-order valence-electron chi connectivity index (χ1n) is 7.84. The second kappa shape index (κ2) is 6.69. The predicted molar refractivity (Wildman–Crippen MR) is 84.6 cm³/mol. The van der Waals surface area contributed by atoms with E-state index in [-0.39, 0.29) is 17.2 Å². The molecule has 1 aliphatic heterocycles. The third-order valence-corrected chi connectivity index (χ3v) is 4.14. The molecule has 0 aliphatic carbocycles. The van der Waals surface area contributed by atoms with E-state index in [1.807, 2.05) is 0 Å². The number of ether oxygens (including phenoxy) is 1. The van der Waals surface area contributed by atoms with Crippen molar-refractivity contribution >= 4 is 0 Å². The summed E-state index contributed by atoms with van der Waals surface area (Å²) in [5.41, 5.74) is -0.186. The minimum absolute atomic E-state index is 0.0965. The lowest BCUT2D eigenvalue weighted by Crippen LogP contribution is -2.48. The lowest BCUT2D eigenvalue weighted by molar-refractivity contribution is -0.137. The second-order valence-electron chi connectivity index (χ2n) is 7.05. The molecule has 1 saturated heterocycles. The van der Waals surface area contributed by atoms with Gasteiger partial charge in [0.15, 0.2) is 0 Å². The SMILES string of the molecule is COc1cc([C@@H](N2CCNCC2)C(C)(C)C)cc(C(F)(F)F)c1. The van der Waals surface area contributed by atoms with E-state index < -0.39 is 11.7 Å². The van der Waals surface area contributed by atoms with Gasteiger partial charge < -0.3 is 10.1 Å². The third kappa shape index (κ3) is 4.38. The predicted octanol–water partition coefficient (Wildman–Crippen LogP) is 3.71. The molecule has 1 aromatic rings. The van der Waals surface area contributed by atoms with E-state index in [2.05, 4.69) is 31.0 Å². The molecule has 0 unspecified atom stereocenters. The van der Waals surface area contributed by atoms with Crippen LogP contribution in [0.4, 0.5) is 13.2 Å². The molecule has 1 aromatic carbocycles. The molecule has 130 valence electrons. The van der Waals surface area contributed by atoms with Gasteiger partial charge in [-0.3, -0.25) is 4.90 Å². The zero-order valence-corrected chi connectivity index (χ0v) is 14.1. The molecule has 2 rings (SSSR count). The number of nitrogens with zero attached hydrogens (tertiary/aromatic N) is 1. The number of hydrogen-bond acceptors (Lipinski definition) is 3. The molecule has 1 heterocycles. The van der Waals surface area contributed by atoms with Crippen molar-refractivity contribution in [3.8, 4) is 5.75 Å². The van der Waals surface area contributed by atoms with Crippen molar-refractivity contribution in [2.24, 2.45) is 5.41 Å². The molecule has 1 atom stereocenters. The summed E-state index contributed by atoms with van der Waals surface area (Å²) in [7, 11) is 1.40. The summed E-state index contributed by atoms with van der Waals surface area (Å²) in [6.07, 6.45) is -4.38. The first kappa shape index (κ1) is 18.1. The molecule has 0 spiro atoms. The van der Waals surface area contributed by atoms with Crippen LogP contribution in [-0.4, -0.2) is 38.2 Å². The summed E-state index contributed by atoms with van der Waals surface area (Å²) in [6, 6.07) is 3.95. The molecule has 1 fully saturated rings. The molecular weight excluding hydrogens is 305 g/mol. The quantitative estimate of drug-likeness (QED) is 0.914. The van der Waals surface area contributed by atoms with Gasteiger partial charge in [0, 0.05) is 32.2 Å². The highest BCUT2D eigenvalue weighted by Crippen LogP contribution is 2.42. The average Bonchev–Trinajstić information content (AvgIpc) is 2.46. The number of nitrogens with one attached hydrogen (secondary N) is 1. The molecule has 23 heavy (non-hydrogen) atoms. The van der Waals surface area contributed by atoms with Crippen molar-refractivity contribution in [1.29, 1.82) is 0 Å². The van der Waals surface area contributed by atoms with Gasteiger partial charge in [0.1, 0.15) is 5.75 Å². The van der Waals surface area contributed by atoms with Crippen molar-refractivity contribution < 1.29 is 17.9 Å². The van der Waals surface area contributed by atoms with E-state index >= 15 is 0 Å². The van der Waals surface area contributed by atoms with Crippen LogP contribution in [0.2, 0.25) is 0 Å². The van der Waals surface area contributed by atoms with Gasteiger partial charge in [0.25, 0.3) is 0 Å². The molecule has 0 bridgehead atoms. The Morgan fingerprint density at radius 3 is 2.17 bits per heavy atom. The summed E-state index contributed by atoms with van der Waals surface area (Å²) < 4.78 is 44.7. The number of alkyl halides is 3. The zero-order chi connectivity index (χ0) is 17.3. The van der Waals surface area contributed by atoms with E-state index in [0.29, 0.717) is 5.56 Å². The van der Waals surface area contributed by atoms with Crippen molar-refractivity contribution in [2.75, 3.05) is 33.3 Å². The lowest BCUT2D eigenvalue weighted by Gasteiger charge is -2.42. The van der Waals surface area contributed by atoms with Crippen LogP contribution in [0.25, 0.3) is 0 Å². The third-order valence-electron chi connectivity index (χ3n) is 4.14. The van der Waals surface area contributed by atoms with Crippen LogP contribution in [0.15, 0.2) is 18.2 Å². The van der Waals surface area contributed by atoms with Crippen molar-refractivity contribution in [2.45, 2.75) is 33.0 Å². The van der Waals surface area contributed by atoms with Gasteiger partial charge in [0.05, 0.1) is 12.7 Å². The molecule has 0 radical (unpaired) electrons. The maximum absolute atomic E-state index is 13.2. The molecule has 0 aromatic heterocycles. The Labute approximate surface area is 135 Å². The minimum atomic E-state index is -4.38. The largest absolute Gasteiger partial charge is 0.497 e. The maximum Gasteiger partial charge on any atom is 0.416 e. The second-order valence-corrected chi connectivity index (χ2v) is 7.05. The van der Waals surface area contributed by atoms with E-state index in [1.54, 1.807) is 6.07 Å². The average molecular weight is 330 g/mol. The first-order valence-corrected chi connectivity index (χ1v) is 7.84.